The number of hydrogen-bond acceptors (Lipinski definition) is 5. The summed E-state index contributed by atoms with van der Waals surface area (Å²) >= 11 is 0. The Morgan fingerprint density at radius 3 is 2.41 bits per heavy atom. The van der Waals surface area contributed by atoms with Gasteiger partial charge in [-0.05, 0) is 76.5 Å². The molecule has 1 atom stereocenters. The molecule has 2 aromatic rings. The maximum absolute atomic E-state index is 12.9. The molecule has 1 aliphatic heterocycles. The zero-order valence-corrected chi connectivity index (χ0v) is 20.4. The minimum Gasteiger partial charge on any atom is -0.445 e. The summed E-state index contributed by atoms with van der Waals surface area (Å²) in [6.45, 7) is 6.53. The normalized spacial score (nSPS) is 18.7. The second-order valence-electron chi connectivity index (χ2n) is 10.1. The molecule has 34 heavy (non-hydrogen) atoms. The van der Waals surface area contributed by atoms with Crippen LogP contribution in [0.1, 0.15) is 76.5 Å². The first kappa shape index (κ1) is 24.0. The fourth-order valence-corrected chi connectivity index (χ4v) is 4.42. The Morgan fingerprint density at radius 1 is 1.03 bits per heavy atom. The van der Waals surface area contributed by atoms with Crippen molar-refractivity contribution in [3.8, 4) is 0 Å². The number of likely N-dealkylation sites (tertiary alicyclic amines) is 1. The number of benzene rings is 1. The molecule has 0 spiro atoms. The highest BCUT2D eigenvalue weighted by Crippen LogP contribution is 2.34. The zero-order chi connectivity index (χ0) is 24.1. The SMILES string of the molecule is CC(C)(C)OC(=O)N(c1ccc([C@H]2CCCCN2C(=O)OCc2ccccc2)cn1)C1CCC1. The Balaban J connectivity index is 1.47. The Hall–Kier alpha value is -3.09. The van der Waals surface area contributed by atoms with Crippen LogP contribution in [0.25, 0.3) is 0 Å². The van der Waals surface area contributed by atoms with Gasteiger partial charge in [0.2, 0.25) is 0 Å². The van der Waals surface area contributed by atoms with Crippen molar-refractivity contribution < 1.29 is 19.1 Å². The van der Waals surface area contributed by atoms with Crippen molar-refractivity contribution in [3.05, 3.63) is 59.8 Å². The fourth-order valence-electron chi connectivity index (χ4n) is 4.42. The van der Waals surface area contributed by atoms with E-state index in [1.807, 2.05) is 63.2 Å². The van der Waals surface area contributed by atoms with Crippen LogP contribution in [0, 0.1) is 0 Å². The molecule has 2 heterocycles. The van der Waals surface area contributed by atoms with Crippen molar-refractivity contribution in [2.45, 2.75) is 83.6 Å². The van der Waals surface area contributed by atoms with E-state index in [0.717, 1.165) is 49.7 Å². The number of anilines is 1. The Morgan fingerprint density at radius 2 is 1.79 bits per heavy atom. The maximum Gasteiger partial charge on any atom is 0.416 e. The molecule has 0 N–H and O–H groups in total. The summed E-state index contributed by atoms with van der Waals surface area (Å²) in [7, 11) is 0. The van der Waals surface area contributed by atoms with Gasteiger partial charge in [-0.1, -0.05) is 36.4 Å². The third-order valence-corrected chi connectivity index (χ3v) is 6.37. The summed E-state index contributed by atoms with van der Waals surface area (Å²) in [5.74, 6) is 0.594. The molecule has 2 fully saturated rings. The number of nitrogens with zero attached hydrogens (tertiary/aromatic N) is 3. The molecule has 1 aliphatic carbocycles. The number of aromatic nitrogens is 1. The van der Waals surface area contributed by atoms with Crippen LogP contribution in [-0.4, -0.2) is 40.3 Å². The van der Waals surface area contributed by atoms with E-state index < -0.39 is 5.60 Å². The molecule has 0 unspecified atom stereocenters. The van der Waals surface area contributed by atoms with Gasteiger partial charge in [0.15, 0.2) is 0 Å². The number of amides is 2. The van der Waals surface area contributed by atoms with Crippen molar-refractivity contribution in [3.63, 3.8) is 0 Å². The standard InChI is InChI=1S/C27H35N3O4/c1-27(2,3)34-26(32)30(22-12-9-13-22)24-16-15-21(18-28-24)23-14-7-8-17-29(23)25(31)33-19-20-10-5-4-6-11-20/h4-6,10-11,15-16,18,22-23H,7-9,12-14,17,19H2,1-3H3/t23-/m1/s1. The monoisotopic (exact) mass is 465 g/mol. The number of carbonyl (C=O) groups excluding carboxylic acids is 2. The minimum absolute atomic E-state index is 0.0859. The average Bonchev–Trinajstić information content (AvgIpc) is 2.79. The Labute approximate surface area is 202 Å². The largest absolute Gasteiger partial charge is 0.445 e. The lowest BCUT2D eigenvalue weighted by Gasteiger charge is -2.38. The molecule has 2 amide bonds. The lowest BCUT2D eigenvalue weighted by Crippen LogP contribution is -2.47. The lowest BCUT2D eigenvalue weighted by molar-refractivity contribution is 0.0548. The van der Waals surface area contributed by atoms with Crippen LogP contribution in [0.5, 0.6) is 0 Å². The molecular weight excluding hydrogens is 430 g/mol. The minimum atomic E-state index is -0.568. The van der Waals surface area contributed by atoms with Crippen molar-refractivity contribution in [1.29, 1.82) is 0 Å². The van der Waals surface area contributed by atoms with Gasteiger partial charge in [-0.2, -0.15) is 0 Å². The first-order valence-electron chi connectivity index (χ1n) is 12.3. The second-order valence-corrected chi connectivity index (χ2v) is 10.1. The number of rotatable bonds is 5. The highest BCUT2D eigenvalue weighted by molar-refractivity contribution is 5.87. The molecule has 4 rings (SSSR count). The average molecular weight is 466 g/mol. The topological polar surface area (TPSA) is 72.0 Å². The van der Waals surface area contributed by atoms with Crippen LogP contribution in [0.4, 0.5) is 15.4 Å². The van der Waals surface area contributed by atoms with Crippen LogP contribution in [0.15, 0.2) is 48.7 Å². The molecule has 182 valence electrons. The van der Waals surface area contributed by atoms with Crippen LogP contribution >= 0.6 is 0 Å². The van der Waals surface area contributed by atoms with Crippen LogP contribution < -0.4 is 4.90 Å². The number of ether oxygens (including phenoxy) is 2. The number of pyridine rings is 1. The van der Waals surface area contributed by atoms with Gasteiger partial charge in [0.1, 0.15) is 18.0 Å². The van der Waals surface area contributed by atoms with Gasteiger partial charge in [-0.15, -0.1) is 0 Å². The van der Waals surface area contributed by atoms with Crippen LogP contribution in [0.2, 0.25) is 0 Å². The van der Waals surface area contributed by atoms with E-state index in [0.29, 0.717) is 12.4 Å². The summed E-state index contributed by atoms with van der Waals surface area (Å²) in [6, 6.07) is 13.6. The van der Waals surface area contributed by atoms with E-state index in [1.54, 1.807) is 16.0 Å². The fraction of sp³-hybridized carbons (Fsp3) is 0.519. The molecule has 7 heteroatoms. The van der Waals surface area contributed by atoms with E-state index in [2.05, 4.69) is 4.98 Å². The molecule has 7 nitrogen and oxygen atoms in total. The van der Waals surface area contributed by atoms with Crippen molar-refractivity contribution in [1.82, 2.24) is 9.88 Å². The van der Waals surface area contributed by atoms with Crippen molar-refractivity contribution in [2.24, 2.45) is 0 Å². The quantitative estimate of drug-likeness (QED) is 0.523. The Bertz CT molecular complexity index is 968. The van der Waals surface area contributed by atoms with Gasteiger partial charge in [0.25, 0.3) is 0 Å². The van der Waals surface area contributed by atoms with Gasteiger partial charge >= 0.3 is 12.2 Å². The predicted molar refractivity (Wildman–Crippen MR) is 131 cm³/mol. The van der Waals surface area contributed by atoms with Crippen LogP contribution in [0.3, 0.4) is 0 Å². The van der Waals surface area contributed by atoms with E-state index >= 15 is 0 Å². The zero-order valence-electron chi connectivity index (χ0n) is 20.4. The van der Waals surface area contributed by atoms with Gasteiger partial charge in [-0.3, -0.25) is 4.90 Å². The molecule has 1 aromatic carbocycles. The molecular formula is C27H35N3O4. The van der Waals surface area contributed by atoms with E-state index in [9.17, 15) is 9.59 Å². The second kappa shape index (κ2) is 10.5. The molecule has 1 aromatic heterocycles. The van der Waals surface area contributed by atoms with Crippen LogP contribution in [-0.2, 0) is 16.1 Å². The summed E-state index contributed by atoms with van der Waals surface area (Å²) in [5, 5.41) is 0. The third kappa shape index (κ3) is 5.88. The van der Waals surface area contributed by atoms with Gasteiger partial charge < -0.3 is 14.4 Å². The molecule has 1 saturated carbocycles. The van der Waals surface area contributed by atoms with E-state index in [4.69, 9.17) is 9.47 Å². The third-order valence-electron chi connectivity index (χ3n) is 6.37. The number of hydrogen-bond donors (Lipinski definition) is 0. The lowest BCUT2D eigenvalue weighted by atomic mass is 9.91. The molecule has 1 saturated heterocycles. The van der Waals surface area contributed by atoms with E-state index in [1.165, 1.54) is 0 Å². The number of piperidine rings is 1. The van der Waals surface area contributed by atoms with E-state index in [-0.39, 0.29) is 30.9 Å². The summed E-state index contributed by atoms with van der Waals surface area (Å²) in [5.41, 5.74) is 1.35. The highest BCUT2D eigenvalue weighted by Gasteiger charge is 2.35. The van der Waals surface area contributed by atoms with Crippen molar-refractivity contribution >= 4 is 18.0 Å². The van der Waals surface area contributed by atoms with Gasteiger partial charge in [0, 0.05) is 18.8 Å². The highest BCUT2D eigenvalue weighted by atomic mass is 16.6. The van der Waals surface area contributed by atoms with Gasteiger partial charge in [-0.25, -0.2) is 14.6 Å². The molecule has 0 bridgehead atoms. The van der Waals surface area contributed by atoms with Crippen molar-refractivity contribution in [2.75, 3.05) is 11.4 Å². The Kier molecular flexibility index (Phi) is 7.39. The smallest absolute Gasteiger partial charge is 0.416 e. The summed E-state index contributed by atoms with van der Waals surface area (Å²) < 4.78 is 11.3. The van der Waals surface area contributed by atoms with Gasteiger partial charge in [0.05, 0.1) is 6.04 Å². The molecule has 2 aliphatic rings. The number of carbonyl (C=O) groups is 2. The first-order valence-corrected chi connectivity index (χ1v) is 12.3. The first-order chi connectivity index (χ1) is 16.3. The predicted octanol–water partition coefficient (Wildman–Crippen LogP) is 6.24. The maximum atomic E-state index is 12.9. The summed E-state index contributed by atoms with van der Waals surface area (Å²) in [4.78, 5) is 33.9. The summed E-state index contributed by atoms with van der Waals surface area (Å²) in [6.07, 6.45) is 6.99. The molecule has 0 radical (unpaired) electrons.